The second-order valence-corrected chi connectivity index (χ2v) is 5.70. The first-order valence-corrected chi connectivity index (χ1v) is 7.53. The van der Waals surface area contributed by atoms with Gasteiger partial charge in [-0.2, -0.15) is 0 Å². The molecule has 2 heterocycles. The number of morpholine rings is 1. The van der Waals surface area contributed by atoms with E-state index < -0.39 is 0 Å². The first-order chi connectivity index (χ1) is 8.75. The van der Waals surface area contributed by atoms with Crippen molar-refractivity contribution in [3.8, 4) is 0 Å². The zero-order chi connectivity index (χ0) is 12.8. The van der Waals surface area contributed by atoms with Crippen LogP contribution < -0.4 is 5.32 Å². The third-order valence-corrected chi connectivity index (χ3v) is 4.06. The SMILES string of the molecule is CC1CCSC(=NCCC(=O)N2CCOCC2)N1. The fourth-order valence-electron chi connectivity index (χ4n) is 1.97. The first-order valence-electron chi connectivity index (χ1n) is 6.55. The lowest BCUT2D eigenvalue weighted by atomic mass is 10.3. The quantitative estimate of drug-likeness (QED) is 0.821. The number of carbonyl (C=O) groups is 1. The number of nitrogens with zero attached hydrogens (tertiary/aromatic N) is 2. The van der Waals surface area contributed by atoms with Crippen LogP contribution in [-0.2, 0) is 9.53 Å². The number of nitrogens with one attached hydrogen (secondary N) is 1. The normalized spacial score (nSPS) is 27.1. The molecule has 0 aromatic rings. The van der Waals surface area contributed by atoms with E-state index in [0.29, 0.717) is 32.2 Å². The van der Waals surface area contributed by atoms with E-state index in [-0.39, 0.29) is 5.91 Å². The summed E-state index contributed by atoms with van der Waals surface area (Å²) in [5.41, 5.74) is 0. The zero-order valence-corrected chi connectivity index (χ0v) is 11.7. The van der Waals surface area contributed by atoms with Crippen LogP contribution in [0.3, 0.4) is 0 Å². The van der Waals surface area contributed by atoms with Crippen LogP contribution in [0.15, 0.2) is 4.99 Å². The fraction of sp³-hybridized carbons (Fsp3) is 0.833. The number of aliphatic imine (C=N–C) groups is 1. The molecule has 0 aliphatic carbocycles. The molecule has 2 saturated heterocycles. The van der Waals surface area contributed by atoms with Crippen molar-refractivity contribution < 1.29 is 9.53 Å². The van der Waals surface area contributed by atoms with Crippen LogP contribution in [0.4, 0.5) is 0 Å². The summed E-state index contributed by atoms with van der Waals surface area (Å²) in [6.07, 6.45) is 1.68. The van der Waals surface area contributed by atoms with Crippen LogP contribution >= 0.6 is 11.8 Å². The Morgan fingerprint density at radius 3 is 3.06 bits per heavy atom. The van der Waals surface area contributed by atoms with Gasteiger partial charge >= 0.3 is 0 Å². The molecule has 6 heteroatoms. The number of hydrogen-bond acceptors (Lipinski definition) is 4. The Kier molecular flexibility index (Phi) is 5.31. The lowest BCUT2D eigenvalue weighted by molar-refractivity contribution is -0.135. The highest BCUT2D eigenvalue weighted by Crippen LogP contribution is 2.13. The van der Waals surface area contributed by atoms with Gasteiger partial charge in [0.1, 0.15) is 0 Å². The Bertz CT molecular complexity index is 316. The topological polar surface area (TPSA) is 53.9 Å². The number of ether oxygens (including phenoxy) is 1. The zero-order valence-electron chi connectivity index (χ0n) is 10.9. The van der Waals surface area contributed by atoms with Crippen molar-refractivity contribution in [1.29, 1.82) is 0 Å². The molecule has 2 rings (SSSR count). The predicted molar refractivity (Wildman–Crippen MR) is 74.0 cm³/mol. The average molecular weight is 271 g/mol. The monoisotopic (exact) mass is 271 g/mol. The molecule has 5 nitrogen and oxygen atoms in total. The Morgan fingerprint density at radius 2 is 2.33 bits per heavy atom. The average Bonchev–Trinajstić information content (AvgIpc) is 2.40. The highest BCUT2D eigenvalue weighted by Gasteiger charge is 2.17. The Balaban J connectivity index is 1.70. The molecule has 0 radical (unpaired) electrons. The molecule has 1 amide bonds. The van der Waals surface area contributed by atoms with E-state index in [2.05, 4.69) is 17.2 Å². The van der Waals surface area contributed by atoms with Crippen LogP contribution in [0.1, 0.15) is 19.8 Å². The summed E-state index contributed by atoms with van der Waals surface area (Å²) in [6, 6.07) is 0.500. The third kappa shape index (κ3) is 4.17. The summed E-state index contributed by atoms with van der Waals surface area (Å²) in [4.78, 5) is 18.2. The minimum atomic E-state index is 0.191. The molecule has 0 saturated carbocycles. The first kappa shape index (κ1) is 13.7. The van der Waals surface area contributed by atoms with Crippen molar-refractivity contribution in [1.82, 2.24) is 10.2 Å². The van der Waals surface area contributed by atoms with E-state index >= 15 is 0 Å². The lowest BCUT2D eigenvalue weighted by Crippen LogP contribution is -2.41. The van der Waals surface area contributed by atoms with Crippen LogP contribution in [-0.4, -0.2) is 60.6 Å². The minimum absolute atomic E-state index is 0.191. The smallest absolute Gasteiger partial charge is 0.224 e. The molecule has 0 bridgehead atoms. The van der Waals surface area contributed by atoms with Crippen LogP contribution in [0, 0.1) is 0 Å². The lowest BCUT2D eigenvalue weighted by Gasteiger charge is -2.26. The Labute approximate surface area is 112 Å². The highest BCUT2D eigenvalue weighted by molar-refractivity contribution is 8.13. The van der Waals surface area contributed by atoms with Crippen LogP contribution in [0.25, 0.3) is 0 Å². The fourth-order valence-corrected chi connectivity index (χ4v) is 3.10. The summed E-state index contributed by atoms with van der Waals surface area (Å²) in [5, 5.41) is 4.33. The molecular formula is C12H21N3O2S. The highest BCUT2D eigenvalue weighted by atomic mass is 32.2. The van der Waals surface area contributed by atoms with E-state index in [4.69, 9.17) is 4.74 Å². The molecule has 2 aliphatic rings. The Morgan fingerprint density at radius 1 is 1.56 bits per heavy atom. The van der Waals surface area contributed by atoms with Gasteiger partial charge in [-0.05, 0) is 13.3 Å². The molecule has 2 fully saturated rings. The summed E-state index contributed by atoms with van der Waals surface area (Å²) in [6.45, 7) is 5.51. The molecule has 18 heavy (non-hydrogen) atoms. The van der Waals surface area contributed by atoms with Crippen molar-refractivity contribution in [2.45, 2.75) is 25.8 Å². The molecule has 1 N–H and O–H groups in total. The van der Waals surface area contributed by atoms with E-state index in [1.165, 1.54) is 6.42 Å². The summed E-state index contributed by atoms with van der Waals surface area (Å²) < 4.78 is 5.23. The maximum atomic E-state index is 11.9. The molecular weight excluding hydrogens is 250 g/mol. The van der Waals surface area contributed by atoms with Crippen molar-refractivity contribution in [2.24, 2.45) is 4.99 Å². The number of amides is 1. The second-order valence-electron chi connectivity index (χ2n) is 4.61. The molecule has 102 valence electrons. The van der Waals surface area contributed by atoms with Crippen molar-refractivity contribution in [3.63, 3.8) is 0 Å². The number of thioether (sulfide) groups is 1. The molecule has 0 spiro atoms. The van der Waals surface area contributed by atoms with E-state index in [1.54, 1.807) is 11.8 Å². The molecule has 0 aromatic heterocycles. The van der Waals surface area contributed by atoms with Gasteiger partial charge in [-0.1, -0.05) is 11.8 Å². The standard InChI is InChI=1S/C12H21N3O2S/c1-10-3-9-18-12(14-10)13-4-2-11(16)15-5-7-17-8-6-15/h10H,2-9H2,1H3,(H,13,14). The third-order valence-electron chi connectivity index (χ3n) is 3.10. The second kappa shape index (κ2) is 6.99. The van der Waals surface area contributed by atoms with Crippen molar-refractivity contribution in [2.75, 3.05) is 38.6 Å². The maximum Gasteiger partial charge on any atom is 0.224 e. The van der Waals surface area contributed by atoms with Crippen LogP contribution in [0.2, 0.25) is 0 Å². The molecule has 1 atom stereocenters. The van der Waals surface area contributed by atoms with E-state index in [1.807, 2.05) is 4.90 Å². The van der Waals surface area contributed by atoms with Crippen LogP contribution in [0.5, 0.6) is 0 Å². The van der Waals surface area contributed by atoms with Gasteiger partial charge in [0, 0.05) is 31.3 Å². The maximum absolute atomic E-state index is 11.9. The van der Waals surface area contributed by atoms with Gasteiger partial charge in [0.05, 0.1) is 19.8 Å². The van der Waals surface area contributed by atoms with Gasteiger partial charge < -0.3 is 15.0 Å². The van der Waals surface area contributed by atoms with Gasteiger partial charge in [-0.3, -0.25) is 9.79 Å². The van der Waals surface area contributed by atoms with Gasteiger partial charge in [-0.15, -0.1) is 0 Å². The number of amidine groups is 1. The van der Waals surface area contributed by atoms with Gasteiger partial charge in [0.2, 0.25) is 5.91 Å². The number of hydrogen-bond donors (Lipinski definition) is 1. The minimum Gasteiger partial charge on any atom is -0.378 e. The summed E-state index contributed by atoms with van der Waals surface area (Å²) in [7, 11) is 0. The predicted octanol–water partition coefficient (Wildman–Crippen LogP) is 0.706. The number of rotatable bonds is 3. The summed E-state index contributed by atoms with van der Waals surface area (Å²) in [5.74, 6) is 1.31. The van der Waals surface area contributed by atoms with E-state index in [0.717, 1.165) is 24.0 Å². The van der Waals surface area contributed by atoms with Gasteiger partial charge in [0.15, 0.2) is 5.17 Å². The Hall–Kier alpha value is -0.750. The van der Waals surface area contributed by atoms with E-state index in [9.17, 15) is 4.79 Å². The summed E-state index contributed by atoms with van der Waals surface area (Å²) >= 11 is 1.75. The molecule has 1 unspecified atom stereocenters. The number of carbonyl (C=O) groups excluding carboxylic acids is 1. The van der Waals surface area contributed by atoms with Crippen molar-refractivity contribution >= 4 is 22.8 Å². The molecule has 2 aliphatic heterocycles. The van der Waals surface area contributed by atoms with Gasteiger partial charge in [0.25, 0.3) is 0 Å². The largest absolute Gasteiger partial charge is 0.378 e. The molecule has 0 aromatic carbocycles. The van der Waals surface area contributed by atoms with Crippen molar-refractivity contribution in [3.05, 3.63) is 0 Å². The van der Waals surface area contributed by atoms with Gasteiger partial charge in [-0.25, -0.2) is 0 Å².